The van der Waals surface area contributed by atoms with Crippen LogP contribution < -0.4 is 20.7 Å². The third-order valence-corrected chi connectivity index (χ3v) is 7.65. The maximum absolute atomic E-state index is 13.3. The standard InChI is InChI=1S/C29H38ClFN4O4/c30-23-18-20(6-8-24(23)31)10-13-32-15-12-27(38)35(22-4-2-1-3-5-22)17-16-33-14-11-21-7-9-25(36)28-29(21)39-19-26(37)34-28/h6-9,18,22,32-33,36H,1-5,10-17,19H2,(H,34,37). The molecule has 0 unspecified atom stereocenters. The zero-order valence-electron chi connectivity index (χ0n) is 22.2. The van der Waals surface area contributed by atoms with E-state index in [1.54, 1.807) is 18.2 Å². The van der Waals surface area contributed by atoms with Crippen molar-refractivity contribution >= 4 is 29.1 Å². The molecule has 4 N–H and O–H groups in total. The Morgan fingerprint density at radius 1 is 1.08 bits per heavy atom. The van der Waals surface area contributed by atoms with Crippen molar-refractivity contribution in [1.82, 2.24) is 15.5 Å². The summed E-state index contributed by atoms with van der Waals surface area (Å²) in [5.41, 5.74) is 2.19. The molecule has 2 aromatic carbocycles. The third kappa shape index (κ3) is 8.30. The van der Waals surface area contributed by atoms with Gasteiger partial charge in [-0.15, -0.1) is 0 Å². The maximum Gasteiger partial charge on any atom is 0.262 e. The number of phenolic OH excluding ortho intramolecular Hbond substituents is 1. The minimum Gasteiger partial charge on any atom is -0.506 e. The van der Waals surface area contributed by atoms with Crippen LogP contribution in [-0.4, -0.2) is 67.2 Å². The number of carbonyl (C=O) groups is 2. The van der Waals surface area contributed by atoms with Gasteiger partial charge in [-0.2, -0.15) is 0 Å². The number of benzene rings is 2. The number of aromatic hydroxyl groups is 1. The monoisotopic (exact) mass is 560 g/mol. The molecule has 1 aliphatic heterocycles. The summed E-state index contributed by atoms with van der Waals surface area (Å²) in [7, 11) is 0. The molecule has 1 fully saturated rings. The SMILES string of the molecule is O=C1COc2c(CCNCCN(C(=O)CCNCCc3ccc(F)c(Cl)c3)C3CCCCC3)ccc(O)c2N1. The van der Waals surface area contributed by atoms with E-state index in [1.807, 2.05) is 6.07 Å². The molecule has 1 aliphatic carbocycles. The van der Waals surface area contributed by atoms with Crippen molar-refractivity contribution in [3.05, 3.63) is 52.3 Å². The Bertz CT molecular complexity index is 1140. The zero-order chi connectivity index (χ0) is 27.6. The predicted octanol–water partition coefficient (Wildman–Crippen LogP) is 4.03. The number of nitrogens with zero attached hydrogens (tertiary/aromatic N) is 1. The van der Waals surface area contributed by atoms with Gasteiger partial charge in [0, 0.05) is 32.1 Å². The molecule has 0 saturated heterocycles. The summed E-state index contributed by atoms with van der Waals surface area (Å²) in [6, 6.07) is 8.41. The first-order chi connectivity index (χ1) is 18.9. The number of ether oxygens (including phenoxy) is 1. The fourth-order valence-electron chi connectivity index (χ4n) is 5.25. The van der Waals surface area contributed by atoms with Crippen molar-refractivity contribution in [3.63, 3.8) is 0 Å². The van der Waals surface area contributed by atoms with Crippen molar-refractivity contribution in [2.75, 3.05) is 44.6 Å². The molecule has 10 heteroatoms. The van der Waals surface area contributed by atoms with Crippen molar-refractivity contribution in [3.8, 4) is 11.5 Å². The van der Waals surface area contributed by atoms with Crippen LogP contribution in [0.25, 0.3) is 0 Å². The molecule has 2 amide bonds. The van der Waals surface area contributed by atoms with Gasteiger partial charge in [-0.1, -0.05) is 43.0 Å². The summed E-state index contributed by atoms with van der Waals surface area (Å²) < 4.78 is 18.9. The second-order valence-electron chi connectivity index (χ2n) is 10.2. The van der Waals surface area contributed by atoms with Crippen LogP contribution in [0.5, 0.6) is 11.5 Å². The number of nitrogens with one attached hydrogen (secondary N) is 3. The number of hydrogen-bond acceptors (Lipinski definition) is 6. The fraction of sp³-hybridized carbons (Fsp3) is 0.517. The van der Waals surface area contributed by atoms with E-state index in [9.17, 15) is 19.1 Å². The predicted molar refractivity (Wildman–Crippen MR) is 150 cm³/mol. The number of anilines is 1. The smallest absolute Gasteiger partial charge is 0.262 e. The quantitative estimate of drug-likeness (QED) is 0.218. The third-order valence-electron chi connectivity index (χ3n) is 7.36. The Morgan fingerprint density at radius 3 is 2.64 bits per heavy atom. The van der Waals surface area contributed by atoms with Crippen LogP contribution in [0.2, 0.25) is 5.02 Å². The molecular formula is C29H38ClFN4O4. The Morgan fingerprint density at radius 2 is 1.85 bits per heavy atom. The fourth-order valence-corrected chi connectivity index (χ4v) is 5.46. The van der Waals surface area contributed by atoms with E-state index in [-0.39, 0.29) is 35.2 Å². The Hall–Kier alpha value is -2.88. The summed E-state index contributed by atoms with van der Waals surface area (Å²) in [5, 5.41) is 19.6. The van der Waals surface area contributed by atoms with Crippen molar-refractivity contribution in [2.45, 2.75) is 57.4 Å². The first-order valence-corrected chi connectivity index (χ1v) is 14.2. The van der Waals surface area contributed by atoms with Crippen LogP contribution in [-0.2, 0) is 22.4 Å². The number of phenols is 1. The molecule has 8 nitrogen and oxygen atoms in total. The van der Waals surface area contributed by atoms with Gasteiger partial charge in [0.25, 0.3) is 5.91 Å². The van der Waals surface area contributed by atoms with Crippen LogP contribution in [0.4, 0.5) is 10.1 Å². The molecule has 2 aliphatic rings. The van der Waals surface area contributed by atoms with Crippen molar-refractivity contribution < 1.29 is 23.8 Å². The first kappa shape index (κ1) is 29.1. The molecule has 0 atom stereocenters. The number of hydrogen-bond donors (Lipinski definition) is 4. The highest BCUT2D eigenvalue weighted by molar-refractivity contribution is 6.30. The second kappa shape index (κ2) is 14.5. The highest BCUT2D eigenvalue weighted by atomic mass is 35.5. The Labute approximate surface area is 234 Å². The number of carbonyl (C=O) groups excluding carboxylic acids is 2. The van der Waals surface area contributed by atoms with E-state index in [0.717, 1.165) is 36.8 Å². The van der Waals surface area contributed by atoms with Gasteiger partial charge >= 0.3 is 0 Å². The van der Waals surface area contributed by atoms with E-state index < -0.39 is 5.82 Å². The highest BCUT2D eigenvalue weighted by Gasteiger charge is 2.25. The topological polar surface area (TPSA) is 103 Å². The summed E-state index contributed by atoms with van der Waals surface area (Å²) in [6.07, 6.45) is 7.45. The molecule has 0 spiro atoms. The zero-order valence-corrected chi connectivity index (χ0v) is 23.0. The lowest BCUT2D eigenvalue weighted by Gasteiger charge is -2.34. The van der Waals surface area contributed by atoms with Gasteiger partial charge < -0.3 is 30.7 Å². The number of fused-ring (bicyclic) bond motifs is 1. The average molecular weight is 561 g/mol. The minimum absolute atomic E-state index is 0.00858. The lowest BCUT2D eigenvalue weighted by Crippen LogP contribution is -2.45. The van der Waals surface area contributed by atoms with E-state index >= 15 is 0 Å². The normalized spacial score (nSPS) is 15.4. The summed E-state index contributed by atoms with van der Waals surface area (Å²) >= 11 is 5.86. The molecule has 0 aromatic heterocycles. The highest BCUT2D eigenvalue weighted by Crippen LogP contribution is 2.39. The summed E-state index contributed by atoms with van der Waals surface area (Å²) in [6.45, 7) is 3.22. The van der Waals surface area contributed by atoms with Crippen LogP contribution in [0.1, 0.15) is 49.7 Å². The average Bonchev–Trinajstić information content (AvgIpc) is 2.94. The van der Waals surface area contributed by atoms with E-state index in [1.165, 1.54) is 12.5 Å². The number of amides is 2. The lowest BCUT2D eigenvalue weighted by molar-refractivity contribution is -0.134. The molecule has 39 heavy (non-hydrogen) atoms. The summed E-state index contributed by atoms with van der Waals surface area (Å²) in [4.78, 5) is 26.8. The van der Waals surface area contributed by atoms with Crippen molar-refractivity contribution in [1.29, 1.82) is 0 Å². The lowest BCUT2D eigenvalue weighted by atomic mass is 9.94. The van der Waals surface area contributed by atoms with Gasteiger partial charge in [0.05, 0.1) is 5.02 Å². The molecule has 1 saturated carbocycles. The minimum atomic E-state index is -0.417. The first-order valence-electron chi connectivity index (χ1n) is 13.8. The van der Waals surface area contributed by atoms with Gasteiger partial charge in [0.2, 0.25) is 5.91 Å². The van der Waals surface area contributed by atoms with Gasteiger partial charge in [-0.25, -0.2) is 4.39 Å². The molecule has 0 radical (unpaired) electrons. The van der Waals surface area contributed by atoms with Crippen LogP contribution in [0, 0.1) is 5.82 Å². The van der Waals surface area contributed by atoms with E-state index in [4.69, 9.17) is 16.3 Å². The number of rotatable bonds is 13. The molecule has 0 bridgehead atoms. The number of halogens is 2. The van der Waals surface area contributed by atoms with Crippen LogP contribution >= 0.6 is 11.6 Å². The Kier molecular flexibility index (Phi) is 10.8. The van der Waals surface area contributed by atoms with Gasteiger partial charge in [-0.05, 0) is 68.1 Å². The molecule has 212 valence electrons. The largest absolute Gasteiger partial charge is 0.506 e. The van der Waals surface area contributed by atoms with E-state index in [0.29, 0.717) is 63.4 Å². The second-order valence-corrected chi connectivity index (χ2v) is 10.6. The van der Waals surface area contributed by atoms with E-state index in [2.05, 4.69) is 20.9 Å². The molecule has 2 aromatic rings. The van der Waals surface area contributed by atoms with Crippen LogP contribution in [0.15, 0.2) is 30.3 Å². The van der Waals surface area contributed by atoms with Gasteiger partial charge in [0.15, 0.2) is 12.4 Å². The van der Waals surface area contributed by atoms with Crippen molar-refractivity contribution in [2.24, 2.45) is 0 Å². The van der Waals surface area contributed by atoms with Crippen LogP contribution in [0.3, 0.4) is 0 Å². The Balaban J connectivity index is 1.21. The molecule has 1 heterocycles. The maximum atomic E-state index is 13.3. The molecular weight excluding hydrogens is 523 g/mol. The van der Waals surface area contributed by atoms with Gasteiger partial charge in [0.1, 0.15) is 17.3 Å². The molecule has 4 rings (SSSR count). The van der Waals surface area contributed by atoms with Gasteiger partial charge in [-0.3, -0.25) is 9.59 Å². The summed E-state index contributed by atoms with van der Waals surface area (Å²) in [5.74, 6) is -0.0259.